The SMILES string of the molecule is C=CCN(C(C)C)S(=O)(=O)c1cc(CNC)sc1Br. The van der Waals surface area contributed by atoms with E-state index in [0.717, 1.165) is 4.88 Å². The molecule has 0 radical (unpaired) electrons. The van der Waals surface area contributed by atoms with Crippen LogP contribution in [-0.4, -0.2) is 32.4 Å². The first-order chi connectivity index (χ1) is 8.84. The van der Waals surface area contributed by atoms with Gasteiger partial charge in [0.25, 0.3) is 0 Å². The Morgan fingerprint density at radius 3 is 2.68 bits per heavy atom. The Hall–Kier alpha value is -0.210. The van der Waals surface area contributed by atoms with Crippen molar-refractivity contribution in [3.63, 3.8) is 0 Å². The number of nitrogens with one attached hydrogen (secondary N) is 1. The molecule has 0 saturated heterocycles. The Labute approximate surface area is 127 Å². The second-order valence-electron chi connectivity index (χ2n) is 4.34. The van der Waals surface area contributed by atoms with Crippen LogP contribution in [0.15, 0.2) is 27.4 Å². The van der Waals surface area contributed by atoms with E-state index in [1.54, 1.807) is 12.1 Å². The first-order valence-electron chi connectivity index (χ1n) is 5.90. The van der Waals surface area contributed by atoms with Crippen molar-refractivity contribution in [2.45, 2.75) is 31.3 Å². The van der Waals surface area contributed by atoms with E-state index < -0.39 is 10.0 Å². The van der Waals surface area contributed by atoms with E-state index in [-0.39, 0.29) is 6.04 Å². The topological polar surface area (TPSA) is 49.4 Å². The number of thiophene rings is 1. The van der Waals surface area contributed by atoms with Gasteiger partial charge in [0.15, 0.2) is 0 Å². The van der Waals surface area contributed by atoms with Gasteiger partial charge in [0.2, 0.25) is 10.0 Å². The van der Waals surface area contributed by atoms with Crippen molar-refractivity contribution in [1.82, 2.24) is 9.62 Å². The molecule has 108 valence electrons. The first-order valence-corrected chi connectivity index (χ1v) is 8.95. The van der Waals surface area contributed by atoms with Gasteiger partial charge in [-0.3, -0.25) is 0 Å². The largest absolute Gasteiger partial charge is 0.315 e. The minimum Gasteiger partial charge on any atom is -0.315 e. The molecule has 1 heterocycles. The van der Waals surface area contributed by atoms with Crippen LogP contribution in [-0.2, 0) is 16.6 Å². The van der Waals surface area contributed by atoms with Gasteiger partial charge >= 0.3 is 0 Å². The Morgan fingerprint density at radius 1 is 1.58 bits per heavy atom. The van der Waals surface area contributed by atoms with Crippen molar-refractivity contribution >= 4 is 37.3 Å². The van der Waals surface area contributed by atoms with E-state index in [2.05, 4.69) is 27.8 Å². The summed E-state index contributed by atoms with van der Waals surface area (Å²) in [6, 6.07) is 1.61. The molecule has 0 aliphatic heterocycles. The van der Waals surface area contributed by atoms with Crippen molar-refractivity contribution in [3.05, 3.63) is 27.4 Å². The molecule has 0 amide bonds. The zero-order valence-electron chi connectivity index (χ0n) is 11.3. The summed E-state index contributed by atoms with van der Waals surface area (Å²) in [6.45, 7) is 8.30. The van der Waals surface area contributed by atoms with E-state index in [1.165, 1.54) is 15.6 Å². The van der Waals surface area contributed by atoms with Gasteiger partial charge in [0.05, 0.1) is 3.79 Å². The summed E-state index contributed by atoms with van der Waals surface area (Å²) in [6.07, 6.45) is 1.60. The molecule has 19 heavy (non-hydrogen) atoms. The maximum atomic E-state index is 12.6. The van der Waals surface area contributed by atoms with Crippen LogP contribution in [0.5, 0.6) is 0 Å². The number of sulfonamides is 1. The lowest BCUT2D eigenvalue weighted by molar-refractivity contribution is 0.383. The average molecular weight is 367 g/mol. The second kappa shape index (κ2) is 6.99. The highest BCUT2D eigenvalue weighted by molar-refractivity contribution is 9.11. The number of hydrogen-bond acceptors (Lipinski definition) is 4. The molecule has 1 N–H and O–H groups in total. The lowest BCUT2D eigenvalue weighted by Gasteiger charge is -2.24. The molecule has 0 atom stereocenters. The fourth-order valence-corrected chi connectivity index (χ4v) is 5.93. The molecule has 0 saturated carbocycles. The predicted molar refractivity (Wildman–Crippen MR) is 84.0 cm³/mol. The van der Waals surface area contributed by atoms with Crippen molar-refractivity contribution in [3.8, 4) is 0 Å². The van der Waals surface area contributed by atoms with Crippen molar-refractivity contribution < 1.29 is 8.42 Å². The maximum Gasteiger partial charge on any atom is 0.245 e. The van der Waals surface area contributed by atoms with Crippen LogP contribution < -0.4 is 5.32 Å². The molecule has 4 nitrogen and oxygen atoms in total. The van der Waals surface area contributed by atoms with Gasteiger partial charge in [-0.25, -0.2) is 8.42 Å². The molecule has 1 aromatic heterocycles. The van der Waals surface area contributed by atoms with E-state index in [0.29, 0.717) is 21.8 Å². The van der Waals surface area contributed by atoms with E-state index in [4.69, 9.17) is 0 Å². The summed E-state index contributed by atoms with van der Waals surface area (Å²) in [5.41, 5.74) is 0. The number of nitrogens with zero attached hydrogens (tertiary/aromatic N) is 1. The fraction of sp³-hybridized carbons (Fsp3) is 0.500. The number of hydrogen-bond donors (Lipinski definition) is 1. The lowest BCUT2D eigenvalue weighted by Crippen LogP contribution is -2.36. The van der Waals surface area contributed by atoms with Gasteiger partial charge in [0, 0.05) is 24.0 Å². The number of halogens is 1. The zero-order chi connectivity index (χ0) is 14.6. The van der Waals surface area contributed by atoms with Crippen LogP contribution in [0.3, 0.4) is 0 Å². The second-order valence-corrected chi connectivity index (χ2v) is 8.65. The first kappa shape index (κ1) is 16.8. The normalized spacial score (nSPS) is 12.3. The fourth-order valence-electron chi connectivity index (χ4n) is 1.68. The molecule has 0 aliphatic carbocycles. The summed E-state index contributed by atoms with van der Waals surface area (Å²) >= 11 is 4.79. The zero-order valence-corrected chi connectivity index (χ0v) is 14.5. The summed E-state index contributed by atoms with van der Waals surface area (Å²) < 4.78 is 27.4. The third-order valence-corrected chi connectivity index (χ3v) is 6.82. The third-order valence-electron chi connectivity index (χ3n) is 2.53. The molecule has 0 fully saturated rings. The van der Waals surface area contributed by atoms with Crippen LogP contribution in [0, 0.1) is 0 Å². The van der Waals surface area contributed by atoms with Gasteiger partial charge in [-0.05, 0) is 42.9 Å². The molecular weight excluding hydrogens is 348 g/mol. The van der Waals surface area contributed by atoms with Crippen molar-refractivity contribution in [2.75, 3.05) is 13.6 Å². The molecule has 0 aliphatic rings. The monoisotopic (exact) mass is 366 g/mol. The van der Waals surface area contributed by atoms with E-state index in [9.17, 15) is 8.42 Å². The van der Waals surface area contributed by atoms with Crippen LogP contribution in [0.1, 0.15) is 18.7 Å². The summed E-state index contributed by atoms with van der Waals surface area (Å²) in [5, 5.41) is 3.02. The van der Waals surface area contributed by atoms with Crippen LogP contribution >= 0.6 is 27.3 Å². The molecule has 0 aromatic carbocycles. The molecule has 0 spiro atoms. The Morgan fingerprint density at radius 2 is 2.21 bits per heavy atom. The van der Waals surface area contributed by atoms with Gasteiger partial charge in [-0.1, -0.05) is 6.08 Å². The van der Waals surface area contributed by atoms with E-state index >= 15 is 0 Å². The smallest absolute Gasteiger partial charge is 0.245 e. The Balaban J connectivity index is 3.21. The van der Waals surface area contributed by atoms with E-state index in [1.807, 2.05) is 20.9 Å². The highest BCUT2D eigenvalue weighted by Gasteiger charge is 2.29. The molecule has 0 unspecified atom stereocenters. The summed E-state index contributed by atoms with van der Waals surface area (Å²) in [5.74, 6) is 0. The molecule has 1 rings (SSSR count). The molecular formula is C12H19BrN2O2S2. The van der Waals surface area contributed by atoms with Crippen LogP contribution in [0.25, 0.3) is 0 Å². The summed E-state index contributed by atoms with van der Waals surface area (Å²) in [7, 11) is -1.66. The molecule has 0 bridgehead atoms. The maximum absolute atomic E-state index is 12.6. The minimum atomic E-state index is -3.49. The Bertz CT molecular complexity index is 538. The summed E-state index contributed by atoms with van der Waals surface area (Å²) in [4.78, 5) is 1.31. The van der Waals surface area contributed by atoms with Crippen LogP contribution in [0.4, 0.5) is 0 Å². The van der Waals surface area contributed by atoms with Crippen molar-refractivity contribution in [1.29, 1.82) is 0 Å². The molecule has 7 heteroatoms. The Kier molecular flexibility index (Phi) is 6.19. The van der Waals surface area contributed by atoms with Gasteiger partial charge < -0.3 is 5.32 Å². The third kappa shape index (κ3) is 3.88. The lowest BCUT2D eigenvalue weighted by atomic mass is 10.4. The predicted octanol–water partition coefficient (Wildman–Crippen LogP) is 2.82. The van der Waals surface area contributed by atoms with Gasteiger partial charge in [-0.2, -0.15) is 4.31 Å². The highest BCUT2D eigenvalue weighted by atomic mass is 79.9. The number of rotatable bonds is 7. The van der Waals surface area contributed by atoms with Crippen molar-refractivity contribution in [2.24, 2.45) is 0 Å². The standard InChI is InChI=1S/C12H19BrN2O2S2/c1-5-6-15(9(2)3)19(16,17)11-7-10(8-14-4)18-12(11)13/h5,7,9,14H,1,6,8H2,2-4H3. The molecule has 1 aromatic rings. The minimum absolute atomic E-state index is 0.109. The quantitative estimate of drug-likeness (QED) is 0.754. The van der Waals surface area contributed by atoms with Gasteiger partial charge in [0.1, 0.15) is 4.90 Å². The average Bonchev–Trinajstić information content (AvgIpc) is 2.67. The highest BCUT2D eigenvalue weighted by Crippen LogP contribution is 2.34. The van der Waals surface area contributed by atoms with Gasteiger partial charge in [-0.15, -0.1) is 17.9 Å². The van der Waals surface area contributed by atoms with Crippen LogP contribution in [0.2, 0.25) is 0 Å².